The predicted octanol–water partition coefficient (Wildman–Crippen LogP) is 0.221. The van der Waals surface area contributed by atoms with Crippen molar-refractivity contribution in [3.05, 3.63) is 12.7 Å². The van der Waals surface area contributed by atoms with Crippen LogP contribution in [0, 0.1) is 0 Å². The molecule has 0 saturated carbocycles. The van der Waals surface area contributed by atoms with Crippen molar-refractivity contribution in [2.45, 2.75) is 32.9 Å². The fourth-order valence-corrected chi connectivity index (χ4v) is 2.20. The predicted molar refractivity (Wildman–Crippen MR) is 67.9 cm³/mol. The Labute approximate surface area is 108 Å². The molecule has 0 N–H and O–H groups in total. The Balaban J connectivity index is 1.74. The fourth-order valence-electron chi connectivity index (χ4n) is 2.20. The van der Waals surface area contributed by atoms with Crippen molar-refractivity contribution in [3.8, 4) is 0 Å². The summed E-state index contributed by atoms with van der Waals surface area (Å²) in [5.74, 6) is 0.217. The SMILES string of the molecule is CC(C)N1CCN(C(=O)CCn2cncn2)CC1. The lowest BCUT2D eigenvalue weighted by Crippen LogP contribution is -2.50. The minimum Gasteiger partial charge on any atom is -0.340 e. The first-order valence-corrected chi connectivity index (χ1v) is 6.51. The van der Waals surface area contributed by atoms with E-state index in [-0.39, 0.29) is 5.91 Å². The third kappa shape index (κ3) is 3.29. The van der Waals surface area contributed by atoms with Gasteiger partial charge in [0.2, 0.25) is 5.91 Å². The van der Waals surface area contributed by atoms with Crippen molar-refractivity contribution in [1.29, 1.82) is 0 Å². The van der Waals surface area contributed by atoms with E-state index in [1.807, 2.05) is 4.90 Å². The molecule has 1 aliphatic heterocycles. The van der Waals surface area contributed by atoms with Gasteiger partial charge >= 0.3 is 0 Å². The summed E-state index contributed by atoms with van der Waals surface area (Å²) in [4.78, 5) is 20.2. The van der Waals surface area contributed by atoms with Crippen molar-refractivity contribution < 1.29 is 4.79 Å². The van der Waals surface area contributed by atoms with Gasteiger partial charge in [0.15, 0.2) is 0 Å². The monoisotopic (exact) mass is 251 g/mol. The maximum absolute atomic E-state index is 12.0. The van der Waals surface area contributed by atoms with Gasteiger partial charge in [-0.1, -0.05) is 0 Å². The molecule has 1 amide bonds. The molecule has 0 spiro atoms. The van der Waals surface area contributed by atoms with Gasteiger partial charge in [-0.25, -0.2) is 4.98 Å². The zero-order chi connectivity index (χ0) is 13.0. The van der Waals surface area contributed by atoms with Crippen molar-refractivity contribution in [2.75, 3.05) is 26.2 Å². The number of carbonyl (C=O) groups is 1. The highest BCUT2D eigenvalue weighted by atomic mass is 16.2. The number of hydrogen-bond acceptors (Lipinski definition) is 4. The van der Waals surface area contributed by atoms with Gasteiger partial charge in [0.05, 0.1) is 6.54 Å². The molecular weight excluding hydrogens is 230 g/mol. The highest BCUT2D eigenvalue weighted by Gasteiger charge is 2.21. The van der Waals surface area contributed by atoms with E-state index in [1.54, 1.807) is 11.0 Å². The highest BCUT2D eigenvalue weighted by Crippen LogP contribution is 2.07. The van der Waals surface area contributed by atoms with E-state index in [1.165, 1.54) is 6.33 Å². The molecule has 6 heteroatoms. The summed E-state index contributed by atoms with van der Waals surface area (Å²) in [6.07, 6.45) is 3.64. The molecule has 18 heavy (non-hydrogen) atoms. The number of carbonyl (C=O) groups excluding carboxylic acids is 1. The highest BCUT2D eigenvalue weighted by molar-refractivity contribution is 5.76. The summed E-state index contributed by atoms with van der Waals surface area (Å²) >= 11 is 0. The number of hydrogen-bond donors (Lipinski definition) is 0. The van der Waals surface area contributed by atoms with Crippen LogP contribution in [-0.2, 0) is 11.3 Å². The lowest BCUT2D eigenvalue weighted by atomic mass is 10.2. The molecule has 0 unspecified atom stereocenters. The molecule has 0 aliphatic carbocycles. The van der Waals surface area contributed by atoms with E-state index in [2.05, 4.69) is 28.8 Å². The third-order valence-corrected chi connectivity index (χ3v) is 3.42. The summed E-state index contributed by atoms with van der Waals surface area (Å²) in [6.45, 7) is 8.65. The molecule has 0 bridgehead atoms. The van der Waals surface area contributed by atoms with E-state index < -0.39 is 0 Å². The van der Waals surface area contributed by atoms with E-state index in [0.717, 1.165) is 26.2 Å². The minimum absolute atomic E-state index is 0.217. The van der Waals surface area contributed by atoms with Crippen molar-refractivity contribution >= 4 is 5.91 Å². The lowest BCUT2D eigenvalue weighted by Gasteiger charge is -2.37. The number of rotatable bonds is 4. The van der Waals surface area contributed by atoms with E-state index in [4.69, 9.17) is 0 Å². The van der Waals surface area contributed by atoms with E-state index in [0.29, 0.717) is 19.0 Å². The molecule has 1 aromatic rings. The first-order chi connectivity index (χ1) is 8.66. The zero-order valence-corrected chi connectivity index (χ0v) is 11.1. The summed E-state index contributed by atoms with van der Waals surface area (Å²) in [6, 6.07) is 0.567. The van der Waals surface area contributed by atoms with Crippen LogP contribution in [0.1, 0.15) is 20.3 Å². The van der Waals surface area contributed by atoms with Gasteiger partial charge in [-0.3, -0.25) is 14.4 Å². The summed E-state index contributed by atoms with van der Waals surface area (Å²) in [7, 11) is 0. The van der Waals surface area contributed by atoms with Gasteiger partial charge in [0.1, 0.15) is 12.7 Å². The second-order valence-corrected chi connectivity index (χ2v) is 4.92. The number of nitrogens with zero attached hydrogens (tertiary/aromatic N) is 5. The molecule has 1 saturated heterocycles. The van der Waals surface area contributed by atoms with Crippen LogP contribution in [-0.4, -0.2) is 62.7 Å². The molecule has 0 aromatic carbocycles. The molecule has 0 radical (unpaired) electrons. The van der Waals surface area contributed by atoms with Crippen LogP contribution in [0.25, 0.3) is 0 Å². The summed E-state index contributed by atoms with van der Waals surface area (Å²) in [5, 5.41) is 4.00. The molecular formula is C12H21N5O. The van der Waals surface area contributed by atoms with Crippen LogP contribution < -0.4 is 0 Å². The molecule has 1 aliphatic rings. The number of piperazine rings is 1. The van der Waals surface area contributed by atoms with E-state index >= 15 is 0 Å². The fraction of sp³-hybridized carbons (Fsp3) is 0.750. The quantitative estimate of drug-likeness (QED) is 0.768. The molecule has 6 nitrogen and oxygen atoms in total. The Morgan fingerprint density at radius 3 is 2.56 bits per heavy atom. The Kier molecular flexibility index (Phi) is 4.30. The maximum Gasteiger partial charge on any atom is 0.224 e. The normalized spacial score (nSPS) is 17.4. The Hall–Kier alpha value is -1.43. The van der Waals surface area contributed by atoms with Crippen LogP contribution in [0.3, 0.4) is 0 Å². The van der Waals surface area contributed by atoms with Gasteiger partial charge in [0, 0.05) is 38.6 Å². The van der Waals surface area contributed by atoms with E-state index in [9.17, 15) is 4.79 Å². The second kappa shape index (κ2) is 5.95. The van der Waals surface area contributed by atoms with Crippen LogP contribution in [0.5, 0.6) is 0 Å². The molecule has 2 heterocycles. The van der Waals surface area contributed by atoms with Gasteiger partial charge < -0.3 is 4.90 Å². The topological polar surface area (TPSA) is 54.3 Å². The number of aromatic nitrogens is 3. The van der Waals surface area contributed by atoms with Crippen molar-refractivity contribution in [2.24, 2.45) is 0 Å². The lowest BCUT2D eigenvalue weighted by molar-refractivity contribution is -0.133. The minimum atomic E-state index is 0.217. The Morgan fingerprint density at radius 2 is 2.00 bits per heavy atom. The van der Waals surface area contributed by atoms with Crippen molar-refractivity contribution in [3.63, 3.8) is 0 Å². The largest absolute Gasteiger partial charge is 0.340 e. The molecule has 1 aromatic heterocycles. The Morgan fingerprint density at radius 1 is 1.28 bits per heavy atom. The van der Waals surface area contributed by atoms with Crippen LogP contribution in [0.2, 0.25) is 0 Å². The standard InChI is InChI=1S/C12H21N5O/c1-11(2)15-5-7-16(8-6-15)12(18)3-4-17-10-13-9-14-17/h9-11H,3-8H2,1-2H3. The Bertz CT molecular complexity index is 368. The third-order valence-electron chi connectivity index (χ3n) is 3.42. The number of amides is 1. The first kappa shape index (κ1) is 13.0. The molecule has 2 rings (SSSR count). The van der Waals surface area contributed by atoms with Gasteiger partial charge in [-0.15, -0.1) is 0 Å². The maximum atomic E-state index is 12.0. The van der Waals surface area contributed by atoms with Gasteiger partial charge in [-0.05, 0) is 13.8 Å². The van der Waals surface area contributed by atoms with Crippen molar-refractivity contribution in [1.82, 2.24) is 24.6 Å². The zero-order valence-electron chi connectivity index (χ0n) is 11.1. The van der Waals surface area contributed by atoms with Crippen LogP contribution in [0.4, 0.5) is 0 Å². The van der Waals surface area contributed by atoms with Crippen LogP contribution in [0.15, 0.2) is 12.7 Å². The van der Waals surface area contributed by atoms with Gasteiger partial charge in [0.25, 0.3) is 0 Å². The molecule has 1 fully saturated rings. The van der Waals surface area contributed by atoms with Crippen LogP contribution >= 0.6 is 0 Å². The smallest absolute Gasteiger partial charge is 0.224 e. The average molecular weight is 251 g/mol. The molecule has 100 valence electrons. The van der Waals surface area contributed by atoms with Gasteiger partial charge in [-0.2, -0.15) is 5.10 Å². The summed E-state index contributed by atoms with van der Waals surface area (Å²) < 4.78 is 1.70. The number of aryl methyl sites for hydroxylation is 1. The summed E-state index contributed by atoms with van der Waals surface area (Å²) in [5.41, 5.74) is 0. The second-order valence-electron chi connectivity index (χ2n) is 4.92. The first-order valence-electron chi connectivity index (χ1n) is 6.51. The molecule has 0 atom stereocenters. The average Bonchev–Trinajstić information content (AvgIpc) is 2.89.